The lowest BCUT2D eigenvalue weighted by molar-refractivity contribution is 0.163. The molecular weight excluding hydrogens is 240 g/mol. The summed E-state index contributed by atoms with van der Waals surface area (Å²) in [7, 11) is 0. The maximum atomic E-state index is 10.2. The molecule has 1 aliphatic heterocycles. The van der Waals surface area contributed by atoms with Crippen molar-refractivity contribution in [1.29, 1.82) is 0 Å². The van der Waals surface area contributed by atoms with E-state index in [9.17, 15) is 5.11 Å². The lowest BCUT2D eigenvalue weighted by atomic mass is 10.0. The molecule has 3 heteroatoms. The van der Waals surface area contributed by atoms with Crippen LogP contribution >= 0.6 is 0 Å². The third-order valence-electron chi connectivity index (χ3n) is 3.49. The molecule has 0 saturated heterocycles. The Balaban J connectivity index is 1.94. The van der Waals surface area contributed by atoms with Crippen molar-refractivity contribution in [2.45, 2.75) is 51.6 Å². The number of fused-ring (bicyclic) bond motifs is 1. The second-order valence-electron chi connectivity index (χ2n) is 5.12. The maximum Gasteiger partial charge on any atom is 0.161 e. The van der Waals surface area contributed by atoms with E-state index >= 15 is 0 Å². The molecule has 0 spiro atoms. The Hall–Kier alpha value is -1.22. The summed E-state index contributed by atoms with van der Waals surface area (Å²) in [4.78, 5) is 0. The largest absolute Gasteiger partial charge is 0.490 e. The molecule has 1 unspecified atom stereocenters. The smallest absolute Gasteiger partial charge is 0.161 e. The molecule has 0 aromatic heterocycles. The van der Waals surface area contributed by atoms with Crippen molar-refractivity contribution in [3.63, 3.8) is 0 Å². The van der Waals surface area contributed by atoms with Gasteiger partial charge in [-0.25, -0.2) is 0 Å². The van der Waals surface area contributed by atoms with Crippen LogP contribution in [-0.4, -0.2) is 18.3 Å². The first-order chi connectivity index (χ1) is 9.31. The Morgan fingerprint density at radius 2 is 1.89 bits per heavy atom. The number of aliphatic hydroxyl groups is 1. The van der Waals surface area contributed by atoms with Crippen LogP contribution < -0.4 is 9.47 Å². The van der Waals surface area contributed by atoms with Crippen molar-refractivity contribution in [3.8, 4) is 11.5 Å². The van der Waals surface area contributed by atoms with Gasteiger partial charge in [-0.3, -0.25) is 0 Å². The summed E-state index contributed by atoms with van der Waals surface area (Å²) in [5.41, 5.74) is 0.931. The van der Waals surface area contributed by atoms with E-state index in [-0.39, 0.29) is 0 Å². The lowest BCUT2D eigenvalue weighted by Gasteiger charge is -2.14. The highest BCUT2D eigenvalue weighted by Crippen LogP contribution is 2.33. The van der Waals surface area contributed by atoms with Crippen LogP contribution in [0, 0.1) is 0 Å². The first-order valence-corrected chi connectivity index (χ1v) is 7.39. The number of aliphatic hydroxyl groups excluding tert-OH is 1. The summed E-state index contributed by atoms with van der Waals surface area (Å²) >= 11 is 0. The molecule has 0 aliphatic carbocycles. The van der Waals surface area contributed by atoms with E-state index in [1.165, 1.54) is 19.3 Å². The molecule has 0 saturated carbocycles. The monoisotopic (exact) mass is 264 g/mol. The topological polar surface area (TPSA) is 38.7 Å². The molecule has 1 N–H and O–H groups in total. The highest BCUT2D eigenvalue weighted by Gasteiger charge is 2.14. The fraction of sp³-hybridized carbons (Fsp3) is 0.625. The van der Waals surface area contributed by atoms with Gasteiger partial charge in [-0.05, 0) is 24.1 Å². The number of hydrogen-bond donors (Lipinski definition) is 1. The minimum Gasteiger partial charge on any atom is -0.490 e. The molecule has 0 fully saturated rings. The van der Waals surface area contributed by atoms with Crippen LogP contribution in [0.5, 0.6) is 11.5 Å². The highest BCUT2D eigenvalue weighted by atomic mass is 16.5. The van der Waals surface area contributed by atoms with Gasteiger partial charge in [0.1, 0.15) is 0 Å². The fourth-order valence-electron chi connectivity index (χ4n) is 2.32. The molecule has 0 bridgehead atoms. The molecule has 1 aromatic carbocycles. The van der Waals surface area contributed by atoms with E-state index in [1.54, 1.807) is 0 Å². The Bertz CT molecular complexity index is 390. The number of benzene rings is 1. The molecule has 3 nitrogen and oxygen atoms in total. The Morgan fingerprint density at radius 3 is 2.68 bits per heavy atom. The molecule has 1 aromatic rings. The average Bonchev–Trinajstić information content (AvgIpc) is 2.67. The van der Waals surface area contributed by atoms with Crippen molar-refractivity contribution >= 4 is 0 Å². The van der Waals surface area contributed by atoms with E-state index in [4.69, 9.17) is 9.47 Å². The molecule has 106 valence electrons. The zero-order valence-electron chi connectivity index (χ0n) is 11.7. The summed E-state index contributed by atoms with van der Waals surface area (Å²) in [5, 5.41) is 10.2. The normalized spacial score (nSPS) is 15.9. The van der Waals surface area contributed by atoms with Gasteiger partial charge in [0, 0.05) is 6.42 Å². The Labute approximate surface area is 115 Å². The number of hydrogen-bond acceptors (Lipinski definition) is 3. The van der Waals surface area contributed by atoms with Gasteiger partial charge in [-0.15, -0.1) is 0 Å². The van der Waals surface area contributed by atoms with E-state index < -0.39 is 6.10 Å². The minimum absolute atomic E-state index is 0.394. The first kappa shape index (κ1) is 14.2. The van der Waals surface area contributed by atoms with Crippen molar-refractivity contribution in [3.05, 3.63) is 23.8 Å². The summed E-state index contributed by atoms with van der Waals surface area (Å²) in [5.74, 6) is 1.56. The highest BCUT2D eigenvalue weighted by molar-refractivity contribution is 5.44. The van der Waals surface area contributed by atoms with Gasteiger partial charge in [0.2, 0.25) is 0 Å². The van der Waals surface area contributed by atoms with E-state index in [0.29, 0.717) is 13.2 Å². The maximum absolute atomic E-state index is 10.2. The van der Waals surface area contributed by atoms with Gasteiger partial charge in [-0.1, -0.05) is 38.7 Å². The van der Waals surface area contributed by atoms with E-state index in [0.717, 1.165) is 36.3 Å². The molecule has 1 atom stereocenters. The van der Waals surface area contributed by atoms with Gasteiger partial charge in [0.25, 0.3) is 0 Å². The van der Waals surface area contributed by atoms with Gasteiger partial charge >= 0.3 is 0 Å². The van der Waals surface area contributed by atoms with Crippen LogP contribution in [0.1, 0.15) is 57.1 Å². The van der Waals surface area contributed by atoms with Crippen LogP contribution in [0.25, 0.3) is 0 Å². The molecule has 0 amide bonds. The van der Waals surface area contributed by atoms with E-state index in [1.807, 2.05) is 18.2 Å². The predicted octanol–water partition coefficient (Wildman–Crippen LogP) is 3.85. The molecule has 1 heterocycles. The minimum atomic E-state index is -0.394. The molecule has 2 rings (SSSR count). The summed E-state index contributed by atoms with van der Waals surface area (Å²) in [6, 6.07) is 5.77. The average molecular weight is 264 g/mol. The zero-order valence-corrected chi connectivity index (χ0v) is 11.7. The van der Waals surface area contributed by atoms with Crippen molar-refractivity contribution < 1.29 is 14.6 Å². The number of rotatable bonds is 6. The van der Waals surface area contributed by atoms with Gasteiger partial charge in [0.05, 0.1) is 19.3 Å². The standard InChI is InChI=1S/C16H24O3/c1-2-3-4-5-7-14(17)13-8-9-15-16(12-13)19-11-6-10-18-15/h8-9,12,14,17H,2-7,10-11H2,1H3. The van der Waals surface area contributed by atoms with Crippen molar-refractivity contribution in [1.82, 2.24) is 0 Å². The van der Waals surface area contributed by atoms with Gasteiger partial charge in [-0.2, -0.15) is 0 Å². The van der Waals surface area contributed by atoms with Crippen LogP contribution in [0.2, 0.25) is 0 Å². The third kappa shape index (κ3) is 4.13. The summed E-state index contributed by atoms with van der Waals surface area (Å²) in [6.45, 7) is 3.58. The number of unbranched alkanes of at least 4 members (excludes halogenated alkanes) is 3. The van der Waals surface area contributed by atoms with Crippen LogP contribution in [0.15, 0.2) is 18.2 Å². The molecule has 1 aliphatic rings. The van der Waals surface area contributed by atoms with Crippen LogP contribution in [-0.2, 0) is 0 Å². The quantitative estimate of drug-likeness (QED) is 0.793. The second-order valence-corrected chi connectivity index (χ2v) is 5.12. The molecular formula is C16H24O3. The van der Waals surface area contributed by atoms with Crippen LogP contribution in [0.4, 0.5) is 0 Å². The second kappa shape index (κ2) is 7.39. The molecule has 19 heavy (non-hydrogen) atoms. The predicted molar refractivity (Wildman–Crippen MR) is 75.8 cm³/mol. The van der Waals surface area contributed by atoms with Gasteiger partial charge in [0.15, 0.2) is 11.5 Å². The first-order valence-electron chi connectivity index (χ1n) is 7.39. The summed E-state index contributed by atoms with van der Waals surface area (Å²) < 4.78 is 11.2. The zero-order chi connectivity index (χ0) is 13.5. The van der Waals surface area contributed by atoms with Crippen molar-refractivity contribution in [2.24, 2.45) is 0 Å². The van der Waals surface area contributed by atoms with Gasteiger partial charge < -0.3 is 14.6 Å². The Morgan fingerprint density at radius 1 is 1.11 bits per heavy atom. The summed E-state index contributed by atoms with van der Waals surface area (Å²) in [6.07, 6.45) is 6.06. The fourth-order valence-corrected chi connectivity index (χ4v) is 2.32. The molecule has 0 radical (unpaired) electrons. The number of ether oxygens (including phenoxy) is 2. The Kier molecular flexibility index (Phi) is 5.52. The lowest BCUT2D eigenvalue weighted by Crippen LogP contribution is -1.99. The van der Waals surface area contributed by atoms with E-state index in [2.05, 4.69) is 6.92 Å². The van der Waals surface area contributed by atoms with Crippen molar-refractivity contribution in [2.75, 3.05) is 13.2 Å². The SMILES string of the molecule is CCCCCCC(O)c1ccc2c(c1)OCCCO2. The van der Waals surface area contributed by atoms with Crippen LogP contribution in [0.3, 0.4) is 0 Å². The third-order valence-corrected chi connectivity index (χ3v) is 3.49.